The van der Waals surface area contributed by atoms with Gasteiger partial charge < -0.3 is 60.2 Å². The molecule has 12 heteroatoms. The van der Waals surface area contributed by atoms with Gasteiger partial charge >= 0.3 is 0 Å². The van der Waals surface area contributed by atoms with E-state index in [0.29, 0.717) is 72.9 Å². The number of phenolic OH excluding ortho intramolecular Hbond substituents is 9. The molecule has 8 aromatic carbocycles. The van der Waals surface area contributed by atoms with Gasteiger partial charge in [-0.15, -0.1) is 0 Å². The smallest absolute Gasteiger partial charge is 0.135 e. The van der Waals surface area contributed by atoms with Crippen LogP contribution in [0.3, 0.4) is 0 Å². The summed E-state index contributed by atoms with van der Waals surface area (Å²) in [6.07, 6.45) is 1.40. The van der Waals surface area contributed by atoms with Gasteiger partial charge in [-0.1, -0.05) is 60.7 Å². The van der Waals surface area contributed by atoms with Gasteiger partial charge in [-0.05, 0) is 142 Å². The topological polar surface area (TPSA) is 210 Å². The van der Waals surface area contributed by atoms with Crippen LogP contribution in [0.5, 0.6) is 69.0 Å². The number of hydrogen-bond donors (Lipinski definition) is 9. The van der Waals surface area contributed by atoms with Crippen LogP contribution < -0.4 is 14.2 Å². The van der Waals surface area contributed by atoms with E-state index < -0.39 is 36.1 Å². The Morgan fingerprint density at radius 3 is 1.00 bits per heavy atom. The molecular weight excluding hydrogens is 865 g/mol. The summed E-state index contributed by atoms with van der Waals surface area (Å²) in [7, 11) is 0. The molecule has 338 valence electrons. The summed E-state index contributed by atoms with van der Waals surface area (Å²) in [5.41, 5.74) is 6.34. The van der Waals surface area contributed by atoms with Crippen molar-refractivity contribution in [3.8, 4) is 69.0 Å². The van der Waals surface area contributed by atoms with Gasteiger partial charge in [0.25, 0.3) is 0 Å². The van der Waals surface area contributed by atoms with Gasteiger partial charge in [0.05, 0.1) is 17.8 Å². The van der Waals surface area contributed by atoms with Gasteiger partial charge in [-0.2, -0.15) is 0 Å². The third kappa shape index (κ3) is 7.37. The predicted octanol–water partition coefficient (Wildman–Crippen LogP) is 11.0. The number of aromatic hydroxyl groups is 9. The molecule has 0 radical (unpaired) electrons. The minimum Gasteiger partial charge on any atom is -0.508 e. The summed E-state index contributed by atoms with van der Waals surface area (Å²) in [4.78, 5) is 0. The van der Waals surface area contributed by atoms with Crippen LogP contribution in [-0.2, 0) is 0 Å². The Morgan fingerprint density at radius 2 is 0.603 bits per heavy atom. The molecule has 0 saturated carbocycles. The van der Waals surface area contributed by atoms with Crippen molar-refractivity contribution in [3.63, 3.8) is 0 Å². The fourth-order valence-corrected chi connectivity index (χ4v) is 10.0. The zero-order valence-corrected chi connectivity index (χ0v) is 35.8. The number of benzene rings is 8. The first-order valence-corrected chi connectivity index (χ1v) is 21.8. The van der Waals surface area contributed by atoms with E-state index in [1.54, 1.807) is 97.1 Å². The molecule has 0 bridgehead atoms. The quantitative estimate of drug-likeness (QED) is 0.0652. The molecule has 0 aromatic heterocycles. The van der Waals surface area contributed by atoms with Crippen molar-refractivity contribution >= 4 is 12.2 Å². The summed E-state index contributed by atoms with van der Waals surface area (Å²) in [6, 6.07) is 40.7. The molecule has 0 spiro atoms. The van der Waals surface area contributed by atoms with Gasteiger partial charge in [0, 0.05) is 22.8 Å². The first-order valence-electron chi connectivity index (χ1n) is 21.8. The standard InChI is InChI=1S/C56H42O12/c57-36-11-3-28(4-12-36)1-2-29-19-42(63)51-45(20-29)66-55(31-7-15-38(59)16-8-31)49(51)34-23-44(65)53-47(25-34)68-56(32-9-17-39(60)18-10-32)50(53)35-24-43(64)52-46(26-35)67-54(30-5-13-37(58)14-6-30)48(52)33-21-40(61)27-41(62)22-33/h1-27,48-50,54-65H/t48-,49+,50+,54+,55+,56+/m0/s1. The van der Waals surface area contributed by atoms with E-state index in [4.69, 9.17) is 14.2 Å². The molecule has 0 amide bonds. The molecule has 12 nitrogen and oxygen atoms in total. The lowest BCUT2D eigenvalue weighted by atomic mass is 9.80. The molecule has 3 heterocycles. The number of phenols is 9. The largest absolute Gasteiger partial charge is 0.508 e. The third-order valence-corrected chi connectivity index (χ3v) is 13.1. The minimum absolute atomic E-state index is 0.0396. The van der Waals surface area contributed by atoms with Crippen molar-refractivity contribution in [2.75, 3.05) is 0 Å². The number of ether oxygens (including phenoxy) is 3. The van der Waals surface area contributed by atoms with Crippen LogP contribution in [0.4, 0.5) is 0 Å². The van der Waals surface area contributed by atoms with Crippen molar-refractivity contribution in [1.82, 2.24) is 0 Å². The zero-order valence-electron chi connectivity index (χ0n) is 35.8. The SMILES string of the molecule is Oc1ccc(C=Cc2cc(O)c3c(c2)O[C@H](c2ccc(O)cc2)[C@@H]3c2cc(O)c3c(c2)O[C@H](c2ccc(O)cc2)[C@@H]3c2cc(O)c3c(c2)O[C@H](c2ccc(O)cc2)[C@H]3c2cc(O)cc(O)c2)cc1. The molecule has 8 aromatic rings. The summed E-state index contributed by atoms with van der Waals surface area (Å²) in [6.45, 7) is 0. The molecule has 68 heavy (non-hydrogen) atoms. The maximum absolute atomic E-state index is 12.3. The van der Waals surface area contributed by atoms with Crippen LogP contribution in [0.15, 0.2) is 152 Å². The Hall–Kier alpha value is -8.90. The van der Waals surface area contributed by atoms with Crippen LogP contribution in [0.25, 0.3) is 12.2 Å². The van der Waals surface area contributed by atoms with Gasteiger partial charge in [-0.3, -0.25) is 0 Å². The summed E-state index contributed by atoms with van der Waals surface area (Å²) in [5, 5.41) is 97.7. The van der Waals surface area contributed by atoms with Crippen LogP contribution in [0, 0.1) is 0 Å². The van der Waals surface area contributed by atoms with Crippen LogP contribution in [0.1, 0.15) is 97.3 Å². The highest BCUT2D eigenvalue weighted by Crippen LogP contribution is 2.61. The van der Waals surface area contributed by atoms with E-state index in [9.17, 15) is 46.0 Å². The highest BCUT2D eigenvalue weighted by atomic mass is 16.5. The van der Waals surface area contributed by atoms with Gasteiger partial charge in [0.1, 0.15) is 87.3 Å². The summed E-state index contributed by atoms with van der Waals surface area (Å²) < 4.78 is 20.2. The van der Waals surface area contributed by atoms with Crippen molar-refractivity contribution in [2.45, 2.75) is 36.1 Å². The Bertz CT molecular complexity index is 3250. The summed E-state index contributed by atoms with van der Waals surface area (Å²) >= 11 is 0. The summed E-state index contributed by atoms with van der Waals surface area (Å²) in [5.74, 6) is -1.48. The zero-order chi connectivity index (χ0) is 47.0. The second kappa shape index (κ2) is 16.2. The lowest BCUT2D eigenvalue weighted by molar-refractivity contribution is 0.216. The lowest BCUT2D eigenvalue weighted by Crippen LogP contribution is -2.12. The third-order valence-electron chi connectivity index (χ3n) is 13.1. The van der Waals surface area contributed by atoms with Gasteiger partial charge in [0.15, 0.2) is 0 Å². The average Bonchev–Trinajstić information content (AvgIpc) is 4.02. The molecule has 3 aliphatic rings. The van der Waals surface area contributed by atoms with Crippen molar-refractivity contribution in [2.24, 2.45) is 0 Å². The molecule has 11 rings (SSSR count). The van der Waals surface area contributed by atoms with Crippen molar-refractivity contribution < 1.29 is 60.2 Å². The fraction of sp³-hybridized carbons (Fsp3) is 0.107. The van der Waals surface area contributed by atoms with E-state index in [2.05, 4.69) is 0 Å². The van der Waals surface area contributed by atoms with E-state index in [0.717, 1.165) is 5.56 Å². The molecule has 6 atom stereocenters. The second-order valence-corrected chi connectivity index (χ2v) is 17.4. The lowest BCUT2D eigenvalue weighted by Gasteiger charge is -2.22. The highest BCUT2D eigenvalue weighted by molar-refractivity contribution is 5.73. The van der Waals surface area contributed by atoms with Gasteiger partial charge in [0.2, 0.25) is 0 Å². The molecule has 3 aliphatic heterocycles. The van der Waals surface area contributed by atoms with Crippen LogP contribution >= 0.6 is 0 Å². The molecule has 0 fully saturated rings. The molecule has 0 unspecified atom stereocenters. The van der Waals surface area contributed by atoms with Crippen molar-refractivity contribution in [1.29, 1.82) is 0 Å². The van der Waals surface area contributed by atoms with Crippen LogP contribution in [-0.4, -0.2) is 46.0 Å². The maximum Gasteiger partial charge on any atom is 0.135 e. The Balaban J connectivity index is 1.03. The Labute approximate surface area is 389 Å². The number of fused-ring (bicyclic) bond motifs is 3. The normalized spacial score (nSPS) is 20.0. The minimum atomic E-state index is -0.798. The highest BCUT2D eigenvalue weighted by Gasteiger charge is 2.46. The fourth-order valence-electron chi connectivity index (χ4n) is 10.0. The number of hydrogen-bond acceptors (Lipinski definition) is 12. The van der Waals surface area contributed by atoms with Crippen LogP contribution in [0.2, 0.25) is 0 Å². The van der Waals surface area contributed by atoms with E-state index >= 15 is 0 Å². The average molecular weight is 907 g/mol. The predicted molar refractivity (Wildman–Crippen MR) is 251 cm³/mol. The van der Waals surface area contributed by atoms with Crippen molar-refractivity contribution in [3.05, 3.63) is 213 Å². The first-order chi connectivity index (χ1) is 32.8. The van der Waals surface area contributed by atoms with E-state index in [-0.39, 0.29) is 51.7 Å². The monoisotopic (exact) mass is 906 g/mol. The molecule has 0 aliphatic carbocycles. The number of rotatable bonds is 8. The Kier molecular flexibility index (Phi) is 9.96. The second-order valence-electron chi connectivity index (χ2n) is 17.4. The molecule has 0 saturated heterocycles. The van der Waals surface area contributed by atoms with E-state index in [1.807, 2.05) is 24.3 Å². The van der Waals surface area contributed by atoms with E-state index in [1.165, 1.54) is 42.5 Å². The van der Waals surface area contributed by atoms with Gasteiger partial charge in [-0.25, -0.2) is 0 Å². The molecular formula is C56H42O12. The Morgan fingerprint density at radius 1 is 0.279 bits per heavy atom. The molecule has 9 N–H and O–H groups in total. The first kappa shape index (κ1) is 41.8. The maximum atomic E-state index is 12.3.